The summed E-state index contributed by atoms with van der Waals surface area (Å²) in [5, 5.41) is 0. The van der Waals surface area contributed by atoms with E-state index in [9.17, 15) is 4.79 Å². The van der Waals surface area contributed by atoms with E-state index in [1.807, 2.05) is 0 Å². The van der Waals surface area contributed by atoms with Crippen molar-refractivity contribution < 1.29 is 13.9 Å². The third kappa shape index (κ3) is 1.37. The van der Waals surface area contributed by atoms with Crippen LogP contribution in [-0.4, -0.2) is 18.1 Å². The SMILES string of the molecule is COC(=O)c1nc(CN)oc1N. The summed E-state index contributed by atoms with van der Waals surface area (Å²) >= 11 is 0. The largest absolute Gasteiger partial charge is 0.464 e. The first-order chi connectivity index (χ1) is 5.69. The van der Waals surface area contributed by atoms with Crippen molar-refractivity contribution in [3.63, 3.8) is 0 Å². The van der Waals surface area contributed by atoms with Gasteiger partial charge in [0.25, 0.3) is 0 Å². The van der Waals surface area contributed by atoms with Crippen molar-refractivity contribution in [1.82, 2.24) is 4.98 Å². The Kier molecular flexibility index (Phi) is 2.29. The summed E-state index contributed by atoms with van der Waals surface area (Å²) < 4.78 is 9.22. The van der Waals surface area contributed by atoms with Gasteiger partial charge < -0.3 is 20.6 Å². The number of oxazole rings is 1. The highest BCUT2D eigenvalue weighted by molar-refractivity contribution is 5.91. The number of hydrogen-bond acceptors (Lipinski definition) is 6. The van der Waals surface area contributed by atoms with E-state index >= 15 is 0 Å². The first-order valence-corrected chi connectivity index (χ1v) is 3.22. The average Bonchev–Trinajstić information content (AvgIpc) is 2.45. The van der Waals surface area contributed by atoms with Crippen LogP contribution < -0.4 is 11.5 Å². The van der Waals surface area contributed by atoms with E-state index in [4.69, 9.17) is 15.9 Å². The molecule has 12 heavy (non-hydrogen) atoms. The van der Waals surface area contributed by atoms with Crippen molar-refractivity contribution in [3.05, 3.63) is 11.6 Å². The molecule has 66 valence electrons. The number of aromatic nitrogens is 1. The first kappa shape index (κ1) is 8.54. The number of ether oxygens (including phenoxy) is 1. The van der Waals surface area contributed by atoms with Gasteiger partial charge in [0.05, 0.1) is 13.7 Å². The Morgan fingerprint density at radius 1 is 1.75 bits per heavy atom. The Morgan fingerprint density at radius 3 is 2.83 bits per heavy atom. The molecule has 1 aromatic rings. The molecule has 0 spiro atoms. The molecule has 1 rings (SSSR count). The van der Waals surface area contributed by atoms with Crippen molar-refractivity contribution in [2.45, 2.75) is 6.54 Å². The minimum atomic E-state index is -0.629. The maximum Gasteiger partial charge on any atom is 0.362 e. The van der Waals surface area contributed by atoms with Gasteiger partial charge in [0.15, 0.2) is 0 Å². The van der Waals surface area contributed by atoms with Gasteiger partial charge in [0.1, 0.15) is 0 Å². The molecule has 0 bridgehead atoms. The van der Waals surface area contributed by atoms with Crippen LogP contribution in [0, 0.1) is 0 Å². The van der Waals surface area contributed by atoms with Crippen LogP contribution in [0.25, 0.3) is 0 Å². The Morgan fingerprint density at radius 2 is 2.42 bits per heavy atom. The zero-order valence-electron chi connectivity index (χ0n) is 6.53. The normalized spacial score (nSPS) is 9.83. The van der Waals surface area contributed by atoms with Gasteiger partial charge in [-0.3, -0.25) is 0 Å². The summed E-state index contributed by atoms with van der Waals surface area (Å²) in [6.07, 6.45) is 0. The molecule has 0 aliphatic heterocycles. The molecule has 0 saturated heterocycles. The third-order valence-corrected chi connectivity index (χ3v) is 1.25. The van der Waals surface area contributed by atoms with E-state index in [0.717, 1.165) is 0 Å². The van der Waals surface area contributed by atoms with E-state index in [2.05, 4.69) is 9.72 Å². The molecular formula is C6H9N3O3. The molecule has 0 radical (unpaired) electrons. The number of rotatable bonds is 2. The number of nitrogens with zero attached hydrogens (tertiary/aromatic N) is 1. The molecule has 0 atom stereocenters. The van der Waals surface area contributed by atoms with Gasteiger partial charge in [-0.05, 0) is 0 Å². The van der Waals surface area contributed by atoms with Crippen LogP contribution in [-0.2, 0) is 11.3 Å². The second-order valence-electron chi connectivity index (χ2n) is 2.02. The van der Waals surface area contributed by atoms with Gasteiger partial charge in [-0.15, -0.1) is 0 Å². The van der Waals surface area contributed by atoms with Gasteiger partial charge in [-0.25, -0.2) is 9.78 Å². The van der Waals surface area contributed by atoms with Crippen molar-refractivity contribution >= 4 is 11.9 Å². The lowest BCUT2D eigenvalue weighted by Crippen LogP contribution is -2.05. The number of hydrogen-bond donors (Lipinski definition) is 2. The van der Waals surface area contributed by atoms with E-state index < -0.39 is 5.97 Å². The van der Waals surface area contributed by atoms with Gasteiger partial charge in [-0.2, -0.15) is 0 Å². The van der Waals surface area contributed by atoms with E-state index in [-0.39, 0.29) is 24.0 Å². The number of anilines is 1. The van der Waals surface area contributed by atoms with Crippen LogP contribution in [0.2, 0.25) is 0 Å². The highest BCUT2D eigenvalue weighted by atomic mass is 16.5. The van der Waals surface area contributed by atoms with Crippen molar-refractivity contribution in [1.29, 1.82) is 0 Å². The zero-order chi connectivity index (χ0) is 9.14. The van der Waals surface area contributed by atoms with E-state index in [1.165, 1.54) is 7.11 Å². The Balaban J connectivity index is 2.99. The lowest BCUT2D eigenvalue weighted by Gasteiger charge is -1.91. The molecule has 4 N–H and O–H groups in total. The molecular weight excluding hydrogens is 162 g/mol. The predicted molar refractivity (Wildman–Crippen MR) is 40.1 cm³/mol. The smallest absolute Gasteiger partial charge is 0.362 e. The van der Waals surface area contributed by atoms with Crippen LogP contribution in [0.1, 0.15) is 16.4 Å². The molecule has 0 amide bonds. The van der Waals surface area contributed by atoms with Crippen molar-refractivity contribution in [2.75, 3.05) is 12.8 Å². The summed E-state index contributed by atoms with van der Waals surface area (Å²) in [4.78, 5) is 14.6. The Hall–Kier alpha value is -1.56. The quantitative estimate of drug-likeness (QED) is 0.581. The summed E-state index contributed by atoms with van der Waals surface area (Å²) in [5.41, 5.74) is 10.5. The predicted octanol–water partition coefficient (Wildman–Crippen LogP) is -0.498. The number of nitrogens with two attached hydrogens (primary N) is 2. The molecule has 0 fully saturated rings. The van der Waals surface area contributed by atoms with Crippen LogP contribution in [0.15, 0.2) is 4.42 Å². The van der Waals surface area contributed by atoms with E-state index in [1.54, 1.807) is 0 Å². The Labute approximate surface area is 68.5 Å². The summed E-state index contributed by atoms with van der Waals surface area (Å²) in [7, 11) is 1.23. The summed E-state index contributed by atoms with van der Waals surface area (Å²) in [5.74, 6) is -0.480. The second-order valence-corrected chi connectivity index (χ2v) is 2.02. The molecule has 0 aliphatic carbocycles. The fourth-order valence-electron chi connectivity index (χ4n) is 0.708. The molecule has 1 aromatic heterocycles. The van der Waals surface area contributed by atoms with E-state index in [0.29, 0.717) is 0 Å². The van der Waals surface area contributed by atoms with Crippen LogP contribution in [0.4, 0.5) is 5.88 Å². The van der Waals surface area contributed by atoms with Crippen LogP contribution in [0.5, 0.6) is 0 Å². The molecule has 1 heterocycles. The number of nitrogen functional groups attached to an aromatic ring is 1. The lowest BCUT2D eigenvalue weighted by molar-refractivity contribution is 0.0595. The molecule has 0 aliphatic rings. The van der Waals surface area contributed by atoms with Crippen LogP contribution in [0.3, 0.4) is 0 Å². The number of carbonyl (C=O) groups excluding carboxylic acids is 1. The minimum Gasteiger partial charge on any atom is -0.464 e. The second kappa shape index (κ2) is 3.22. The number of esters is 1. The maximum atomic E-state index is 10.9. The monoisotopic (exact) mass is 171 g/mol. The molecule has 0 saturated carbocycles. The molecule has 0 aromatic carbocycles. The van der Waals surface area contributed by atoms with Crippen molar-refractivity contribution in [3.8, 4) is 0 Å². The van der Waals surface area contributed by atoms with Gasteiger partial charge >= 0.3 is 5.97 Å². The highest BCUT2D eigenvalue weighted by Crippen LogP contribution is 2.13. The van der Waals surface area contributed by atoms with Gasteiger partial charge in [0.2, 0.25) is 17.5 Å². The summed E-state index contributed by atoms with van der Waals surface area (Å²) in [6, 6.07) is 0. The van der Waals surface area contributed by atoms with Gasteiger partial charge in [0, 0.05) is 0 Å². The topological polar surface area (TPSA) is 104 Å². The zero-order valence-corrected chi connectivity index (χ0v) is 6.53. The first-order valence-electron chi connectivity index (χ1n) is 3.22. The maximum absolute atomic E-state index is 10.9. The summed E-state index contributed by atoms with van der Waals surface area (Å²) in [6.45, 7) is 0.0984. The third-order valence-electron chi connectivity index (χ3n) is 1.25. The van der Waals surface area contributed by atoms with Crippen LogP contribution >= 0.6 is 0 Å². The Bertz CT molecular complexity index is 294. The highest BCUT2D eigenvalue weighted by Gasteiger charge is 2.17. The number of methoxy groups -OCH3 is 1. The molecule has 0 unspecified atom stereocenters. The lowest BCUT2D eigenvalue weighted by atomic mass is 10.4. The van der Waals surface area contributed by atoms with Crippen molar-refractivity contribution in [2.24, 2.45) is 5.73 Å². The average molecular weight is 171 g/mol. The fourth-order valence-corrected chi connectivity index (χ4v) is 0.708. The standard InChI is InChI=1S/C6H9N3O3/c1-11-6(10)4-5(8)12-3(2-7)9-4/h2,7-8H2,1H3. The molecule has 6 nitrogen and oxygen atoms in total. The molecule has 6 heteroatoms. The fraction of sp³-hybridized carbons (Fsp3) is 0.333. The number of carbonyl (C=O) groups is 1. The minimum absolute atomic E-state index is 0.0297. The van der Waals surface area contributed by atoms with Gasteiger partial charge in [-0.1, -0.05) is 0 Å².